The highest BCUT2D eigenvalue weighted by molar-refractivity contribution is 5.78. The summed E-state index contributed by atoms with van der Waals surface area (Å²) in [7, 11) is 1.56. The van der Waals surface area contributed by atoms with Crippen LogP contribution in [-0.4, -0.2) is 53.1 Å². The van der Waals surface area contributed by atoms with E-state index < -0.39 is 17.8 Å². The second kappa shape index (κ2) is 9.86. The van der Waals surface area contributed by atoms with E-state index in [-0.39, 0.29) is 35.6 Å². The van der Waals surface area contributed by atoms with Crippen LogP contribution in [-0.2, 0) is 10.9 Å². The molecule has 0 spiro atoms. The minimum Gasteiger partial charge on any atom is -0.493 e. The van der Waals surface area contributed by atoms with Crippen molar-refractivity contribution < 1.29 is 32.4 Å². The summed E-state index contributed by atoms with van der Waals surface area (Å²) >= 11 is 0. The molecule has 1 saturated heterocycles. The van der Waals surface area contributed by atoms with Gasteiger partial charge in [0.2, 0.25) is 17.7 Å². The molecule has 1 atom stereocenters. The van der Waals surface area contributed by atoms with Crippen molar-refractivity contribution >= 4 is 5.96 Å². The Labute approximate surface area is 176 Å². The lowest BCUT2D eigenvalue weighted by Crippen LogP contribution is -2.36. The molecule has 2 aromatic rings. The fraction of sp³-hybridized carbons (Fsp3) is 0.526. The maximum atomic E-state index is 13.6. The van der Waals surface area contributed by atoms with Crippen LogP contribution in [0.25, 0.3) is 11.4 Å². The number of oxime groups is 1. The minimum atomic E-state index is -4.61. The molecule has 9 nitrogen and oxygen atoms in total. The lowest BCUT2D eigenvalue weighted by molar-refractivity contribution is -0.138. The largest absolute Gasteiger partial charge is 0.493 e. The van der Waals surface area contributed by atoms with Gasteiger partial charge < -0.3 is 29.8 Å². The summed E-state index contributed by atoms with van der Waals surface area (Å²) in [5.74, 6) is -0.149. The SMILES string of the molecule is COCCCCOc1ccc(-c2noc([C@@H]3CCCN3/C(N)=N\O)n2)cc1C(F)(F)F. The molecule has 1 aliphatic rings. The molecule has 0 aliphatic carbocycles. The third kappa shape index (κ3) is 5.37. The number of aromatic nitrogens is 2. The molecule has 1 aromatic heterocycles. The zero-order valence-electron chi connectivity index (χ0n) is 16.9. The van der Waals surface area contributed by atoms with Gasteiger partial charge in [0.05, 0.1) is 12.2 Å². The highest BCUT2D eigenvalue weighted by Crippen LogP contribution is 2.39. The number of halogens is 3. The fourth-order valence-electron chi connectivity index (χ4n) is 3.39. The molecule has 3 rings (SSSR count). The summed E-state index contributed by atoms with van der Waals surface area (Å²) in [6.07, 6.45) is -1.97. The molecular weight excluding hydrogens is 419 g/mol. The van der Waals surface area contributed by atoms with Gasteiger partial charge in [0, 0.05) is 25.8 Å². The topological polar surface area (TPSA) is 119 Å². The second-order valence-electron chi connectivity index (χ2n) is 7.02. The van der Waals surface area contributed by atoms with Crippen LogP contribution in [0, 0.1) is 0 Å². The fourth-order valence-corrected chi connectivity index (χ4v) is 3.39. The molecule has 1 fully saturated rings. The second-order valence-corrected chi connectivity index (χ2v) is 7.02. The van der Waals surface area contributed by atoms with Crippen LogP contribution in [0.15, 0.2) is 27.9 Å². The van der Waals surface area contributed by atoms with Crippen LogP contribution in [0.3, 0.4) is 0 Å². The summed E-state index contributed by atoms with van der Waals surface area (Å²) in [5, 5.41) is 15.7. The van der Waals surface area contributed by atoms with E-state index in [1.165, 1.54) is 12.1 Å². The Morgan fingerprint density at radius 1 is 1.35 bits per heavy atom. The lowest BCUT2D eigenvalue weighted by Gasteiger charge is -2.21. The molecular formula is C19H24F3N5O4. The number of unbranched alkanes of at least 4 members (excludes halogenated alkanes) is 1. The van der Waals surface area contributed by atoms with Crippen LogP contribution in [0.4, 0.5) is 13.2 Å². The Morgan fingerprint density at radius 3 is 2.84 bits per heavy atom. The van der Waals surface area contributed by atoms with Gasteiger partial charge in [0.1, 0.15) is 11.8 Å². The number of nitrogens with zero attached hydrogens (tertiary/aromatic N) is 4. The molecule has 3 N–H and O–H groups in total. The molecule has 0 saturated carbocycles. The van der Waals surface area contributed by atoms with Gasteiger partial charge in [-0.05, 0) is 43.9 Å². The Morgan fingerprint density at radius 2 is 2.13 bits per heavy atom. The lowest BCUT2D eigenvalue weighted by atomic mass is 10.1. The summed E-state index contributed by atoms with van der Waals surface area (Å²) < 4.78 is 56.3. The number of ether oxygens (including phenoxy) is 2. The van der Waals surface area contributed by atoms with Crippen LogP contribution < -0.4 is 10.5 Å². The monoisotopic (exact) mass is 443 g/mol. The van der Waals surface area contributed by atoms with Gasteiger partial charge in [0.25, 0.3) is 0 Å². The molecule has 1 aliphatic heterocycles. The maximum Gasteiger partial charge on any atom is 0.419 e. The van der Waals surface area contributed by atoms with Crippen LogP contribution in [0.1, 0.15) is 43.2 Å². The summed E-state index contributed by atoms with van der Waals surface area (Å²) in [6.45, 7) is 1.19. The zero-order chi connectivity index (χ0) is 22.4. The highest BCUT2D eigenvalue weighted by Gasteiger charge is 2.36. The van der Waals surface area contributed by atoms with Gasteiger partial charge in [-0.15, -0.1) is 0 Å². The quantitative estimate of drug-likeness (QED) is 0.209. The van der Waals surface area contributed by atoms with Gasteiger partial charge in [0.15, 0.2) is 0 Å². The number of hydrogen-bond acceptors (Lipinski definition) is 7. The van der Waals surface area contributed by atoms with E-state index in [0.29, 0.717) is 32.4 Å². The normalized spacial score (nSPS) is 17.4. The highest BCUT2D eigenvalue weighted by atomic mass is 19.4. The van der Waals surface area contributed by atoms with Crippen molar-refractivity contribution in [3.8, 4) is 17.1 Å². The Hall–Kier alpha value is -3.02. The standard InChI is InChI=1S/C19H24F3N5O4/c1-29-9-2-3-10-30-15-7-6-12(11-13(15)19(20,21)22)16-24-17(31-26-16)14-5-4-8-27(14)18(23)25-28/h6-7,11,14,28H,2-5,8-10H2,1H3,(H2,23,25)/t14-/m0/s1. The van der Waals surface area contributed by atoms with Gasteiger partial charge in [-0.3, -0.25) is 0 Å². The number of methoxy groups -OCH3 is 1. The van der Waals surface area contributed by atoms with Gasteiger partial charge in [-0.2, -0.15) is 18.2 Å². The van der Waals surface area contributed by atoms with E-state index >= 15 is 0 Å². The predicted octanol–water partition coefficient (Wildman–Crippen LogP) is 3.40. The first-order chi connectivity index (χ1) is 14.8. The molecule has 2 heterocycles. The van der Waals surface area contributed by atoms with Crippen molar-refractivity contribution in [1.29, 1.82) is 0 Å². The Balaban J connectivity index is 1.80. The molecule has 12 heteroatoms. The average molecular weight is 443 g/mol. The van der Waals surface area contributed by atoms with Gasteiger partial charge in [-0.25, -0.2) is 0 Å². The predicted molar refractivity (Wildman–Crippen MR) is 103 cm³/mol. The molecule has 31 heavy (non-hydrogen) atoms. The number of nitrogens with two attached hydrogens (primary N) is 1. The van der Waals surface area contributed by atoms with Crippen molar-refractivity contribution in [3.05, 3.63) is 29.7 Å². The van der Waals surface area contributed by atoms with E-state index in [1.807, 2.05) is 0 Å². The van der Waals surface area contributed by atoms with Crippen LogP contribution in [0.5, 0.6) is 5.75 Å². The first-order valence-corrected chi connectivity index (χ1v) is 9.76. The van der Waals surface area contributed by atoms with E-state index in [1.54, 1.807) is 12.0 Å². The third-order valence-corrected chi connectivity index (χ3v) is 4.92. The number of guanidine groups is 1. The van der Waals surface area contributed by atoms with Crippen LogP contribution >= 0.6 is 0 Å². The van der Waals surface area contributed by atoms with Crippen molar-refractivity contribution in [2.24, 2.45) is 10.9 Å². The van der Waals surface area contributed by atoms with Crippen molar-refractivity contribution in [2.45, 2.75) is 37.9 Å². The number of hydrogen-bond donors (Lipinski definition) is 2. The minimum absolute atomic E-state index is 0.0125. The van der Waals surface area contributed by atoms with Crippen molar-refractivity contribution in [2.75, 3.05) is 26.9 Å². The molecule has 0 amide bonds. The van der Waals surface area contributed by atoms with Crippen molar-refractivity contribution in [1.82, 2.24) is 15.0 Å². The first-order valence-electron chi connectivity index (χ1n) is 9.76. The van der Waals surface area contributed by atoms with Gasteiger partial charge in [-0.1, -0.05) is 10.3 Å². The Kier molecular flexibility index (Phi) is 7.21. The zero-order valence-corrected chi connectivity index (χ0v) is 16.9. The smallest absolute Gasteiger partial charge is 0.419 e. The maximum absolute atomic E-state index is 13.6. The van der Waals surface area contributed by atoms with E-state index in [2.05, 4.69) is 15.3 Å². The molecule has 0 bridgehead atoms. The van der Waals surface area contributed by atoms with Crippen molar-refractivity contribution in [3.63, 3.8) is 0 Å². The Bertz CT molecular complexity index is 903. The summed E-state index contributed by atoms with van der Waals surface area (Å²) in [6, 6.07) is 3.23. The number of alkyl halides is 3. The molecule has 0 radical (unpaired) electrons. The molecule has 170 valence electrons. The number of benzene rings is 1. The molecule has 0 unspecified atom stereocenters. The van der Waals surface area contributed by atoms with E-state index in [0.717, 1.165) is 12.5 Å². The summed E-state index contributed by atoms with van der Waals surface area (Å²) in [4.78, 5) is 5.84. The van der Waals surface area contributed by atoms with Gasteiger partial charge >= 0.3 is 6.18 Å². The number of likely N-dealkylation sites (tertiary alicyclic amines) is 1. The summed E-state index contributed by atoms with van der Waals surface area (Å²) in [5.41, 5.74) is 4.89. The first kappa shape index (κ1) is 22.7. The number of rotatable bonds is 8. The average Bonchev–Trinajstić information content (AvgIpc) is 3.42. The third-order valence-electron chi connectivity index (χ3n) is 4.92. The molecule has 1 aromatic carbocycles. The van der Waals surface area contributed by atoms with E-state index in [9.17, 15) is 13.2 Å². The van der Waals surface area contributed by atoms with Crippen LogP contribution in [0.2, 0.25) is 0 Å². The van der Waals surface area contributed by atoms with E-state index in [4.69, 9.17) is 24.9 Å².